The van der Waals surface area contributed by atoms with E-state index in [1.54, 1.807) is 0 Å². The zero-order valence-electron chi connectivity index (χ0n) is 33.0. The molecule has 2 aromatic heterocycles. The summed E-state index contributed by atoms with van der Waals surface area (Å²) in [6.45, 7) is 27.2. The van der Waals surface area contributed by atoms with E-state index in [9.17, 15) is 0 Å². The first kappa shape index (κ1) is 35.5. The van der Waals surface area contributed by atoms with Crippen LogP contribution in [0.25, 0.3) is 38.8 Å². The highest BCUT2D eigenvalue weighted by Gasteiger charge is 2.35. The summed E-state index contributed by atoms with van der Waals surface area (Å²) in [6, 6.07) is 28.5. The van der Waals surface area contributed by atoms with Crippen LogP contribution in [0.3, 0.4) is 0 Å². The van der Waals surface area contributed by atoms with Crippen molar-refractivity contribution in [2.75, 3.05) is 6.61 Å². The van der Waals surface area contributed by atoms with Gasteiger partial charge in [0.2, 0.25) is 5.90 Å². The Kier molecular flexibility index (Phi) is 8.64. The van der Waals surface area contributed by atoms with Gasteiger partial charge in [-0.1, -0.05) is 79.2 Å². The van der Waals surface area contributed by atoms with Gasteiger partial charge in [-0.3, -0.25) is 4.57 Å². The van der Waals surface area contributed by atoms with Crippen molar-refractivity contribution in [2.45, 2.75) is 99.5 Å². The molecule has 7 rings (SSSR count). The van der Waals surface area contributed by atoms with Gasteiger partial charge in [0.15, 0.2) is 0 Å². The maximum atomic E-state index is 6.85. The van der Waals surface area contributed by atoms with Crippen LogP contribution in [0, 0.1) is 26.7 Å². The molecule has 1 aliphatic rings. The summed E-state index contributed by atoms with van der Waals surface area (Å²) in [5.74, 6) is 3.40. The van der Waals surface area contributed by atoms with Crippen LogP contribution in [0.15, 0.2) is 90.1 Å². The van der Waals surface area contributed by atoms with Crippen LogP contribution in [0.5, 0.6) is 11.5 Å². The highest BCUT2D eigenvalue weighted by Crippen LogP contribution is 2.40. The Morgan fingerprint density at radius 3 is 2.04 bits per heavy atom. The van der Waals surface area contributed by atoms with E-state index in [0.717, 1.165) is 39.5 Å². The Bertz CT molecular complexity index is 2360. The maximum absolute atomic E-state index is 6.85. The minimum Gasteiger partial charge on any atom is -0.475 e. The monoisotopic (exact) mass is 691 g/mol. The molecule has 5 heteroatoms. The number of rotatable bonds is 6. The van der Waals surface area contributed by atoms with E-state index in [1.165, 1.54) is 44.2 Å². The molecular formula is C47H53N3O2. The van der Waals surface area contributed by atoms with Crippen LogP contribution in [0.2, 0.25) is 0 Å². The van der Waals surface area contributed by atoms with Gasteiger partial charge in [0.05, 0.1) is 16.6 Å². The first-order chi connectivity index (χ1) is 24.4. The zero-order chi connectivity index (χ0) is 37.3. The van der Waals surface area contributed by atoms with E-state index in [0.29, 0.717) is 18.4 Å². The SMILES string of the molecule is Cc1cc(C)c(-c2cc(Oc3ccc4c5cc(C(C)(C)C)ccc5n(-c5cc(C(C)(C)C)ccn5)c4c3)cc(C3=N[C@](C)(C(C)C)CO3)c2)c(C)c1. The summed E-state index contributed by atoms with van der Waals surface area (Å²) in [5, 5.41) is 2.37. The number of nitrogens with zero attached hydrogens (tertiary/aromatic N) is 3. The first-order valence-corrected chi connectivity index (χ1v) is 18.6. The van der Waals surface area contributed by atoms with Gasteiger partial charge >= 0.3 is 0 Å². The Morgan fingerprint density at radius 2 is 1.38 bits per heavy atom. The molecule has 0 amide bonds. The first-order valence-electron chi connectivity index (χ1n) is 18.6. The molecular weight excluding hydrogens is 639 g/mol. The molecule has 0 saturated heterocycles. The lowest BCUT2D eigenvalue weighted by atomic mass is 9.86. The molecule has 0 fully saturated rings. The number of aryl methyl sites for hydroxylation is 3. The van der Waals surface area contributed by atoms with Crippen LogP contribution in [-0.4, -0.2) is 27.6 Å². The molecule has 6 aromatic rings. The van der Waals surface area contributed by atoms with Crippen LogP contribution < -0.4 is 4.74 Å². The Balaban J connectivity index is 1.41. The standard InChI is InChI=1S/C47H53N3O2/c1-28(2)47(12)27-51-44(49-47)33-21-32(43-30(4)19-29(3)20-31(43)5)22-37(23-33)52-36-14-15-38-39-24-34(45(6,7)8)13-16-40(39)50(41(38)26-36)42-25-35(17-18-48-42)46(9,10)11/h13-26,28H,27H2,1-12H3/t47-/m0/s1. The second kappa shape index (κ2) is 12.6. The lowest BCUT2D eigenvalue weighted by Gasteiger charge is -2.22. The van der Waals surface area contributed by atoms with Gasteiger partial charge in [-0.15, -0.1) is 0 Å². The van der Waals surface area contributed by atoms with Crippen molar-refractivity contribution in [2.24, 2.45) is 10.9 Å². The average molecular weight is 692 g/mol. The van der Waals surface area contributed by atoms with Crippen LogP contribution in [0.4, 0.5) is 0 Å². The average Bonchev–Trinajstić information content (AvgIpc) is 3.62. The van der Waals surface area contributed by atoms with Gasteiger partial charge in [0, 0.05) is 28.6 Å². The fraction of sp³-hybridized carbons (Fsp3) is 0.362. The molecule has 1 aliphatic heterocycles. The molecule has 0 spiro atoms. The molecule has 1 atom stereocenters. The van der Waals surface area contributed by atoms with E-state index >= 15 is 0 Å². The lowest BCUT2D eigenvalue weighted by molar-refractivity contribution is 0.224. The van der Waals surface area contributed by atoms with E-state index in [-0.39, 0.29) is 16.4 Å². The summed E-state index contributed by atoms with van der Waals surface area (Å²) in [5.41, 5.74) is 11.4. The predicted octanol–water partition coefficient (Wildman–Crippen LogP) is 12.3. The number of benzene rings is 4. The third-order valence-electron chi connectivity index (χ3n) is 10.9. The minimum atomic E-state index is -0.272. The molecule has 5 nitrogen and oxygen atoms in total. The summed E-state index contributed by atoms with van der Waals surface area (Å²) in [4.78, 5) is 10.0. The number of hydrogen-bond acceptors (Lipinski definition) is 4. The van der Waals surface area contributed by atoms with Crippen molar-refractivity contribution in [3.05, 3.63) is 118 Å². The quantitative estimate of drug-likeness (QED) is 0.175. The van der Waals surface area contributed by atoms with Crippen LogP contribution in [0.1, 0.15) is 95.7 Å². The summed E-state index contributed by atoms with van der Waals surface area (Å²) in [6.07, 6.45) is 1.93. The fourth-order valence-corrected chi connectivity index (χ4v) is 7.44. The van der Waals surface area contributed by atoms with Crippen molar-refractivity contribution in [3.63, 3.8) is 0 Å². The molecule has 0 bridgehead atoms. The third kappa shape index (κ3) is 6.51. The molecule has 0 N–H and O–H groups in total. The van der Waals surface area contributed by atoms with E-state index in [4.69, 9.17) is 19.5 Å². The number of aromatic nitrogens is 2. The van der Waals surface area contributed by atoms with Gasteiger partial charge in [0.1, 0.15) is 23.9 Å². The molecule has 268 valence electrons. The molecule has 0 aliphatic carbocycles. The number of pyridine rings is 1. The van der Waals surface area contributed by atoms with Crippen LogP contribution in [-0.2, 0) is 15.6 Å². The van der Waals surface area contributed by atoms with Crippen molar-refractivity contribution in [3.8, 4) is 28.4 Å². The molecule has 0 unspecified atom stereocenters. The molecule has 4 aromatic carbocycles. The van der Waals surface area contributed by atoms with Gasteiger partial charge in [0.25, 0.3) is 0 Å². The second-order valence-corrected chi connectivity index (χ2v) is 17.5. The number of ether oxygens (including phenoxy) is 2. The van der Waals surface area contributed by atoms with E-state index in [2.05, 4.69) is 167 Å². The molecule has 3 heterocycles. The fourth-order valence-electron chi connectivity index (χ4n) is 7.44. The summed E-state index contributed by atoms with van der Waals surface area (Å²) in [7, 11) is 0. The second-order valence-electron chi connectivity index (χ2n) is 17.5. The maximum Gasteiger partial charge on any atom is 0.216 e. The summed E-state index contributed by atoms with van der Waals surface area (Å²) < 4.78 is 15.4. The molecule has 0 saturated carbocycles. The highest BCUT2D eigenvalue weighted by molar-refractivity contribution is 6.10. The lowest BCUT2D eigenvalue weighted by Crippen LogP contribution is -2.30. The van der Waals surface area contributed by atoms with Gasteiger partial charge in [-0.2, -0.15) is 0 Å². The van der Waals surface area contributed by atoms with Crippen molar-refractivity contribution >= 4 is 27.7 Å². The van der Waals surface area contributed by atoms with Crippen LogP contribution >= 0.6 is 0 Å². The third-order valence-corrected chi connectivity index (χ3v) is 10.9. The topological polar surface area (TPSA) is 48.6 Å². The van der Waals surface area contributed by atoms with E-state index in [1.807, 2.05) is 6.20 Å². The van der Waals surface area contributed by atoms with Crippen molar-refractivity contribution < 1.29 is 9.47 Å². The molecule has 0 radical (unpaired) electrons. The van der Waals surface area contributed by atoms with Gasteiger partial charge in [-0.25, -0.2) is 9.98 Å². The largest absolute Gasteiger partial charge is 0.475 e. The smallest absolute Gasteiger partial charge is 0.216 e. The number of aliphatic imine (C=N–C) groups is 1. The minimum absolute atomic E-state index is 0.0130. The van der Waals surface area contributed by atoms with E-state index < -0.39 is 0 Å². The Labute approximate surface area is 309 Å². The highest BCUT2D eigenvalue weighted by atomic mass is 16.5. The Morgan fingerprint density at radius 1 is 0.712 bits per heavy atom. The van der Waals surface area contributed by atoms with Gasteiger partial charge in [-0.05, 0) is 132 Å². The Hall–Kier alpha value is -4.90. The zero-order valence-corrected chi connectivity index (χ0v) is 33.0. The normalized spacial score (nSPS) is 16.5. The van der Waals surface area contributed by atoms with Crippen molar-refractivity contribution in [1.82, 2.24) is 9.55 Å². The number of fused-ring (bicyclic) bond motifs is 3. The number of hydrogen-bond donors (Lipinski definition) is 0. The molecule has 52 heavy (non-hydrogen) atoms. The van der Waals surface area contributed by atoms with Gasteiger partial charge < -0.3 is 9.47 Å². The van der Waals surface area contributed by atoms with Crippen molar-refractivity contribution in [1.29, 1.82) is 0 Å². The predicted molar refractivity (Wildman–Crippen MR) is 218 cm³/mol. The summed E-state index contributed by atoms with van der Waals surface area (Å²) >= 11 is 0.